The van der Waals surface area contributed by atoms with Crippen molar-refractivity contribution in [3.63, 3.8) is 0 Å². The summed E-state index contributed by atoms with van der Waals surface area (Å²) in [6.07, 6.45) is 6.81. The minimum atomic E-state index is 1.06. The first kappa shape index (κ1) is 35.4. The van der Waals surface area contributed by atoms with Crippen molar-refractivity contribution in [1.29, 1.82) is 0 Å². The Kier molecular flexibility index (Phi) is 7.18. The van der Waals surface area contributed by atoms with Crippen LogP contribution in [-0.4, -0.2) is 18.3 Å². The highest BCUT2D eigenvalue weighted by atomic mass is 32.1. The number of rotatable bonds is 4. The van der Waals surface area contributed by atoms with Gasteiger partial charge in [0.2, 0.25) is 0 Å². The Morgan fingerprint density at radius 3 is 1.31 bits per heavy atom. The van der Waals surface area contributed by atoms with Crippen LogP contribution >= 0.6 is 11.3 Å². The summed E-state index contributed by atoms with van der Waals surface area (Å²) in [6.45, 7) is 0. The number of hydrogen-bond acceptors (Lipinski definition) is 1. The first-order valence-corrected chi connectivity index (χ1v) is 23.4. The van der Waals surface area contributed by atoms with E-state index in [-0.39, 0.29) is 0 Å². The largest absolute Gasteiger partial charge is 0.309 e. The van der Waals surface area contributed by atoms with Crippen LogP contribution in [0.2, 0.25) is 0 Å². The number of fused-ring (bicyclic) bond motifs is 15. The highest BCUT2D eigenvalue weighted by Crippen LogP contribution is 2.44. The van der Waals surface area contributed by atoms with Crippen LogP contribution in [0.1, 0.15) is 17.7 Å². The summed E-state index contributed by atoms with van der Waals surface area (Å²) >= 11 is 1.87. The van der Waals surface area contributed by atoms with E-state index in [1.165, 1.54) is 119 Å². The lowest BCUT2D eigenvalue weighted by Crippen LogP contribution is -2.01. The quantitative estimate of drug-likeness (QED) is 0.168. The zero-order chi connectivity index (χ0) is 42.3. The molecule has 65 heavy (non-hydrogen) atoms. The van der Waals surface area contributed by atoms with Crippen LogP contribution < -0.4 is 0 Å². The summed E-state index contributed by atoms with van der Waals surface area (Å²) in [5.41, 5.74) is 16.0. The molecule has 0 radical (unpaired) electrons. The van der Waals surface area contributed by atoms with Gasteiger partial charge in [0, 0.05) is 74.9 Å². The highest BCUT2D eigenvalue weighted by molar-refractivity contribution is 7.25. The SMILES string of the molecule is C1=Cc2c(c3ccccc3n2-c2cccc3c2c2ccccc2n3-c2ccc3sc4ccc(-n5c6ccccc6c6c(-n7c8ccccc8c8ccccc87)cccc65)cc4c3c2)CC1. The van der Waals surface area contributed by atoms with E-state index >= 15 is 0 Å². The molecule has 0 atom stereocenters. The van der Waals surface area contributed by atoms with Gasteiger partial charge in [-0.2, -0.15) is 0 Å². The molecule has 0 aliphatic heterocycles. The number of benzene rings is 9. The number of hydrogen-bond donors (Lipinski definition) is 0. The molecule has 1 aliphatic rings. The van der Waals surface area contributed by atoms with E-state index in [0.29, 0.717) is 0 Å². The van der Waals surface area contributed by atoms with Crippen LogP contribution in [0.5, 0.6) is 0 Å². The van der Waals surface area contributed by atoms with Gasteiger partial charge in [-0.15, -0.1) is 11.3 Å². The van der Waals surface area contributed by atoms with E-state index in [1.807, 2.05) is 11.3 Å². The Bertz CT molecular complexity index is 4320. The standard InChI is InChI=1S/C60H38N4S/c1-7-21-47-39(15-1)40-16-2-8-22-48(40)63(47)55-29-13-27-53-59(55)43-19-5-11-25-51(43)61(53)37-31-33-57-45(35-37)46-36-38(32-34-58(46)65-57)62-52-26-12-6-20-44(52)60-54(62)28-14-30-56(60)64-49-23-9-3-17-41(49)42-18-4-10-24-50(42)64/h1-3,5-17,19-36H,4,18H2. The third kappa shape index (κ3) is 4.80. The second-order valence-electron chi connectivity index (χ2n) is 17.5. The number of para-hydroxylation sites is 5. The molecule has 0 amide bonds. The predicted octanol–water partition coefficient (Wildman–Crippen LogP) is 16.2. The lowest BCUT2D eigenvalue weighted by atomic mass is 10.0. The molecule has 304 valence electrons. The summed E-state index contributed by atoms with van der Waals surface area (Å²) in [7, 11) is 0. The monoisotopic (exact) mass is 846 g/mol. The van der Waals surface area contributed by atoms with Crippen molar-refractivity contribution in [3.05, 3.63) is 211 Å². The van der Waals surface area contributed by atoms with E-state index in [4.69, 9.17) is 0 Å². The molecule has 0 bridgehead atoms. The van der Waals surface area contributed by atoms with Crippen molar-refractivity contribution < 1.29 is 0 Å². The molecule has 4 nitrogen and oxygen atoms in total. The molecule has 15 rings (SSSR count). The van der Waals surface area contributed by atoms with Crippen molar-refractivity contribution >= 4 is 114 Å². The summed E-state index contributed by atoms with van der Waals surface area (Å²) in [5, 5.41) is 11.5. The van der Waals surface area contributed by atoms with Gasteiger partial charge in [-0.05, 0) is 115 Å². The Balaban J connectivity index is 0.944. The van der Waals surface area contributed by atoms with Crippen molar-refractivity contribution in [2.45, 2.75) is 12.8 Å². The number of nitrogens with zero attached hydrogens (tertiary/aromatic N) is 4. The van der Waals surface area contributed by atoms with Crippen LogP contribution in [-0.2, 0) is 6.42 Å². The predicted molar refractivity (Wildman–Crippen MR) is 277 cm³/mol. The molecule has 0 N–H and O–H groups in total. The molecule has 0 unspecified atom stereocenters. The molecule has 5 heteroatoms. The van der Waals surface area contributed by atoms with Crippen molar-refractivity contribution in [1.82, 2.24) is 18.3 Å². The van der Waals surface area contributed by atoms with Crippen LogP contribution in [0.15, 0.2) is 200 Å². The summed E-state index contributed by atoms with van der Waals surface area (Å²) in [4.78, 5) is 0. The van der Waals surface area contributed by atoms with Crippen molar-refractivity contribution in [2.24, 2.45) is 0 Å². The maximum atomic E-state index is 2.51. The zero-order valence-electron chi connectivity index (χ0n) is 35.2. The van der Waals surface area contributed by atoms with Gasteiger partial charge >= 0.3 is 0 Å². The van der Waals surface area contributed by atoms with Gasteiger partial charge in [0.15, 0.2) is 0 Å². The van der Waals surface area contributed by atoms with Crippen molar-refractivity contribution in [2.75, 3.05) is 0 Å². The minimum absolute atomic E-state index is 1.06. The van der Waals surface area contributed by atoms with Gasteiger partial charge in [0.25, 0.3) is 0 Å². The Labute approximate surface area is 377 Å². The molecular formula is C60H38N4S. The molecule has 5 aromatic heterocycles. The lowest BCUT2D eigenvalue weighted by molar-refractivity contribution is 0.970. The Morgan fingerprint density at radius 1 is 0.338 bits per heavy atom. The minimum Gasteiger partial charge on any atom is -0.309 e. The van der Waals surface area contributed by atoms with E-state index in [9.17, 15) is 0 Å². The fraction of sp³-hybridized carbons (Fsp3) is 0.0333. The average Bonchev–Trinajstić information content (AvgIpc) is 4.16. The maximum Gasteiger partial charge on any atom is 0.0562 e. The smallest absolute Gasteiger partial charge is 0.0562 e. The molecule has 1 aliphatic carbocycles. The third-order valence-corrected chi connectivity index (χ3v) is 15.4. The van der Waals surface area contributed by atoms with Gasteiger partial charge in [0.05, 0.1) is 50.0 Å². The van der Waals surface area contributed by atoms with Crippen molar-refractivity contribution in [3.8, 4) is 22.7 Å². The average molecular weight is 847 g/mol. The summed E-state index contributed by atoms with van der Waals surface area (Å²) in [5.74, 6) is 0. The molecule has 0 saturated heterocycles. The number of aromatic nitrogens is 4. The van der Waals surface area contributed by atoms with Gasteiger partial charge in [0.1, 0.15) is 0 Å². The summed E-state index contributed by atoms with van der Waals surface area (Å²) < 4.78 is 12.5. The molecule has 0 fully saturated rings. The molecule has 5 heterocycles. The fourth-order valence-corrected chi connectivity index (χ4v) is 12.7. The second-order valence-corrected chi connectivity index (χ2v) is 18.6. The topological polar surface area (TPSA) is 19.7 Å². The van der Waals surface area contributed by atoms with Crippen LogP contribution in [0, 0.1) is 0 Å². The normalized spacial score (nSPS) is 13.0. The van der Waals surface area contributed by atoms with Gasteiger partial charge in [-0.3, -0.25) is 0 Å². The zero-order valence-corrected chi connectivity index (χ0v) is 36.1. The highest BCUT2D eigenvalue weighted by Gasteiger charge is 2.24. The Morgan fingerprint density at radius 2 is 0.769 bits per heavy atom. The van der Waals surface area contributed by atoms with Gasteiger partial charge in [-0.25, -0.2) is 0 Å². The second kappa shape index (κ2) is 13.2. The molecule has 0 saturated carbocycles. The van der Waals surface area contributed by atoms with Crippen LogP contribution in [0.3, 0.4) is 0 Å². The maximum absolute atomic E-state index is 2.51. The lowest BCUT2D eigenvalue weighted by Gasteiger charge is -2.14. The van der Waals surface area contributed by atoms with E-state index in [1.54, 1.807) is 0 Å². The first-order valence-electron chi connectivity index (χ1n) is 22.6. The number of thiophene rings is 1. The molecule has 0 spiro atoms. The van der Waals surface area contributed by atoms with Gasteiger partial charge in [-0.1, -0.05) is 109 Å². The first-order chi connectivity index (χ1) is 32.3. The Hall–Kier alpha value is -8.12. The van der Waals surface area contributed by atoms with E-state index in [0.717, 1.165) is 24.2 Å². The van der Waals surface area contributed by atoms with Crippen LogP contribution in [0.25, 0.3) is 125 Å². The summed E-state index contributed by atoms with van der Waals surface area (Å²) in [6, 6.07) is 72.2. The third-order valence-electron chi connectivity index (χ3n) is 14.2. The molecular weight excluding hydrogens is 809 g/mol. The van der Waals surface area contributed by atoms with Gasteiger partial charge < -0.3 is 18.3 Å². The number of aryl methyl sites for hydroxylation is 1. The fourth-order valence-electron chi connectivity index (χ4n) is 11.6. The van der Waals surface area contributed by atoms with Crippen LogP contribution in [0.4, 0.5) is 0 Å². The molecule has 9 aromatic carbocycles. The molecule has 14 aromatic rings. The number of allylic oxidation sites excluding steroid dienone is 1. The van der Waals surface area contributed by atoms with E-state index in [2.05, 4.69) is 225 Å². The van der Waals surface area contributed by atoms with E-state index < -0.39 is 0 Å².